The minimum absolute atomic E-state index is 0.399. The third-order valence-electron chi connectivity index (χ3n) is 2.45. The van der Waals surface area contributed by atoms with Crippen molar-refractivity contribution < 1.29 is 4.48 Å². The van der Waals surface area contributed by atoms with Crippen LogP contribution in [0.5, 0.6) is 0 Å². The molecule has 0 bridgehead atoms. The summed E-state index contributed by atoms with van der Waals surface area (Å²) in [5.74, 6) is 0. The Labute approximate surface area is 77.1 Å². The molecule has 1 aromatic carbocycles. The third-order valence-corrected chi connectivity index (χ3v) is 2.45. The Kier molecular flexibility index (Phi) is 2.45. The van der Waals surface area contributed by atoms with Crippen molar-refractivity contribution in [3.05, 3.63) is 29.3 Å². The van der Waals surface area contributed by atoms with Gasteiger partial charge in [0.1, 0.15) is 0 Å². The lowest BCUT2D eigenvalue weighted by Crippen LogP contribution is -2.07. The molecule has 0 amide bonds. The van der Waals surface area contributed by atoms with Crippen molar-refractivity contribution in [3.8, 4) is 0 Å². The van der Waals surface area contributed by atoms with Crippen LogP contribution in [-0.2, 0) is 12.8 Å². The zero-order valence-electron chi connectivity index (χ0n) is 7.44. The predicted octanol–water partition coefficient (Wildman–Crippen LogP) is 1.67. The highest BCUT2D eigenvalue weighted by atomic mass is 19.2. The Morgan fingerprint density at radius 1 is 1.46 bits per heavy atom. The van der Waals surface area contributed by atoms with E-state index in [2.05, 4.69) is 17.4 Å². The van der Waals surface area contributed by atoms with Crippen molar-refractivity contribution in [2.75, 3.05) is 18.4 Å². The lowest BCUT2D eigenvalue weighted by Gasteiger charge is -2.06. The minimum atomic E-state index is 0.399. The lowest BCUT2D eigenvalue weighted by atomic mass is 10.0. The van der Waals surface area contributed by atoms with E-state index in [1.165, 1.54) is 16.8 Å². The molecule has 0 saturated heterocycles. The van der Waals surface area contributed by atoms with E-state index in [1.54, 1.807) is 5.54 Å². The zero-order chi connectivity index (χ0) is 9.10. The minimum Gasteiger partial charge on any atom is -0.384 e. The van der Waals surface area contributed by atoms with Crippen LogP contribution < -0.4 is 10.9 Å². The molecule has 1 aromatic rings. The Hall–Kier alpha value is -1.09. The molecule has 70 valence electrons. The molecular weight excluding hydrogens is 167 g/mol. The summed E-state index contributed by atoms with van der Waals surface area (Å²) < 4.78 is 11.8. The van der Waals surface area contributed by atoms with Crippen LogP contribution in [0, 0.1) is 0 Å². The Balaban J connectivity index is 2.20. The van der Waals surface area contributed by atoms with Gasteiger partial charge in [-0.05, 0) is 30.0 Å². The van der Waals surface area contributed by atoms with Gasteiger partial charge in [0, 0.05) is 18.8 Å². The fourth-order valence-electron chi connectivity index (χ4n) is 1.83. The molecule has 0 atom stereocenters. The van der Waals surface area contributed by atoms with Crippen LogP contribution in [0.3, 0.4) is 0 Å². The average molecular weight is 180 g/mol. The fraction of sp³-hybridized carbons (Fsp3) is 0.400. The maximum atomic E-state index is 11.8. The van der Waals surface area contributed by atoms with Crippen molar-refractivity contribution in [2.45, 2.75) is 12.8 Å². The van der Waals surface area contributed by atoms with Crippen molar-refractivity contribution >= 4 is 5.69 Å². The van der Waals surface area contributed by atoms with Gasteiger partial charge in [0.2, 0.25) is 0 Å². The maximum Gasteiger partial charge on any atom is 0.0376 e. The first kappa shape index (κ1) is 8.51. The van der Waals surface area contributed by atoms with E-state index < -0.39 is 0 Å². The molecule has 0 unspecified atom stereocenters. The monoisotopic (exact) mass is 180 g/mol. The van der Waals surface area contributed by atoms with Crippen molar-refractivity contribution in [2.24, 2.45) is 0 Å². The number of benzene rings is 1. The Bertz CT molecular complexity index is 299. The second-order valence-corrected chi connectivity index (χ2v) is 3.25. The zero-order valence-corrected chi connectivity index (χ0v) is 7.44. The molecule has 2 rings (SSSR count). The van der Waals surface area contributed by atoms with E-state index in [4.69, 9.17) is 0 Å². The van der Waals surface area contributed by atoms with Gasteiger partial charge in [-0.25, -0.2) is 0 Å². The summed E-state index contributed by atoms with van der Waals surface area (Å²) in [6.45, 7) is 1.41. The van der Waals surface area contributed by atoms with Gasteiger partial charge in [0.25, 0.3) is 0 Å². The fourth-order valence-corrected chi connectivity index (χ4v) is 1.83. The van der Waals surface area contributed by atoms with E-state index in [9.17, 15) is 4.48 Å². The van der Waals surface area contributed by atoms with Crippen LogP contribution in [-0.4, -0.2) is 13.1 Å². The third kappa shape index (κ3) is 1.65. The summed E-state index contributed by atoms with van der Waals surface area (Å²) in [6.07, 6.45) is 1.83. The molecule has 1 heterocycles. The van der Waals surface area contributed by atoms with Gasteiger partial charge in [-0.2, -0.15) is 5.54 Å². The van der Waals surface area contributed by atoms with Crippen LogP contribution in [0.15, 0.2) is 18.2 Å². The van der Waals surface area contributed by atoms with Crippen molar-refractivity contribution in [3.63, 3.8) is 0 Å². The van der Waals surface area contributed by atoms with Gasteiger partial charge in [-0.1, -0.05) is 12.1 Å². The van der Waals surface area contributed by atoms with Gasteiger partial charge >= 0.3 is 0 Å². The molecule has 0 saturated carbocycles. The SMILES string of the molecule is FNCCc1cccc2c1CCN2. The first-order chi connectivity index (χ1) is 6.42. The van der Waals surface area contributed by atoms with Gasteiger partial charge in [-0.15, -0.1) is 4.48 Å². The van der Waals surface area contributed by atoms with Crippen molar-refractivity contribution in [1.82, 2.24) is 5.54 Å². The number of hydrogen-bond acceptors (Lipinski definition) is 2. The van der Waals surface area contributed by atoms with Crippen LogP contribution in [0.25, 0.3) is 0 Å². The predicted molar refractivity (Wildman–Crippen MR) is 51.5 cm³/mol. The summed E-state index contributed by atoms with van der Waals surface area (Å²) >= 11 is 0. The quantitative estimate of drug-likeness (QED) is 0.691. The van der Waals surface area contributed by atoms with Gasteiger partial charge < -0.3 is 5.32 Å². The lowest BCUT2D eigenvalue weighted by molar-refractivity contribution is 0.337. The number of hydrogen-bond donors (Lipinski definition) is 2. The van der Waals surface area contributed by atoms with E-state index >= 15 is 0 Å². The molecule has 2 N–H and O–H groups in total. The highest BCUT2D eigenvalue weighted by Crippen LogP contribution is 2.25. The first-order valence-electron chi connectivity index (χ1n) is 4.60. The summed E-state index contributed by atoms with van der Waals surface area (Å²) in [6, 6.07) is 6.17. The molecule has 0 aromatic heterocycles. The van der Waals surface area contributed by atoms with E-state index in [-0.39, 0.29) is 0 Å². The van der Waals surface area contributed by atoms with Crippen LogP contribution >= 0.6 is 0 Å². The van der Waals surface area contributed by atoms with Crippen LogP contribution in [0.1, 0.15) is 11.1 Å². The van der Waals surface area contributed by atoms with Crippen LogP contribution in [0.4, 0.5) is 10.2 Å². The smallest absolute Gasteiger partial charge is 0.0376 e. The Morgan fingerprint density at radius 3 is 3.23 bits per heavy atom. The standard InChI is InChI=1S/C10H13FN2/c11-13-7-4-8-2-1-3-10-9(8)5-6-12-10/h1-3,12-13H,4-7H2. The summed E-state index contributed by atoms with van der Waals surface area (Å²) in [5.41, 5.74) is 5.52. The second kappa shape index (κ2) is 3.75. The topological polar surface area (TPSA) is 24.1 Å². The van der Waals surface area contributed by atoms with E-state index in [0.29, 0.717) is 6.54 Å². The highest BCUT2D eigenvalue weighted by molar-refractivity contribution is 5.58. The molecular formula is C10H13FN2. The molecule has 0 aliphatic carbocycles. The molecule has 13 heavy (non-hydrogen) atoms. The normalized spacial score (nSPS) is 13.9. The van der Waals surface area contributed by atoms with Crippen LogP contribution in [0.2, 0.25) is 0 Å². The van der Waals surface area contributed by atoms with Gasteiger partial charge in [-0.3, -0.25) is 0 Å². The van der Waals surface area contributed by atoms with E-state index in [1.807, 2.05) is 6.07 Å². The number of anilines is 1. The highest BCUT2D eigenvalue weighted by Gasteiger charge is 2.12. The molecule has 0 fully saturated rings. The Morgan fingerprint density at radius 2 is 2.38 bits per heavy atom. The molecule has 0 radical (unpaired) electrons. The number of halogens is 1. The van der Waals surface area contributed by atoms with Gasteiger partial charge in [0.05, 0.1) is 0 Å². The van der Waals surface area contributed by atoms with Gasteiger partial charge in [0.15, 0.2) is 0 Å². The second-order valence-electron chi connectivity index (χ2n) is 3.25. The molecule has 1 aliphatic heterocycles. The summed E-state index contributed by atoms with van der Waals surface area (Å²) in [4.78, 5) is 0. The summed E-state index contributed by atoms with van der Waals surface area (Å²) in [7, 11) is 0. The van der Waals surface area contributed by atoms with Crippen molar-refractivity contribution in [1.29, 1.82) is 0 Å². The first-order valence-corrected chi connectivity index (χ1v) is 4.60. The maximum absolute atomic E-state index is 11.8. The largest absolute Gasteiger partial charge is 0.384 e. The molecule has 3 heteroatoms. The molecule has 1 aliphatic rings. The number of fused-ring (bicyclic) bond motifs is 1. The number of nitrogens with one attached hydrogen (secondary N) is 2. The molecule has 2 nitrogen and oxygen atoms in total. The van der Waals surface area contributed by atoms with E-state index in [0.717, 1.165) is 19.4 Å². The average Bonchev–Trinajstić information content (AvgIpc) is 2.62. The summed E-state index contributed by atoms with van der Waals surface area (Å²) in [5, 5.41) is 3.30. The number of rotatable bonds is 3. The molecule has 0 spiro atoms.